The highest BCUT2D eigenvalue weighted by Crippen LogP contribution is 2.00. The first-order valence-corrected chi connectivity index (χ1v) is 5.92. The van der Waals surface area contributed by atoms with Crippen LogP contribution in [0, 0.1) is 0 Å². The number of carbonyl (C=O) groups excluding carboxylic acids is 1. The number of carbonyl (C=O) groups is 1. The molecule has 0 spiro atoms. The zero-order valence-electron chi connectivity index (χ0n) is 10.5. The zero-order valence-corrected chi connectivity index (χ0v) is 10.5. The van der Waals surface area contributed by atoms with E-state index in [0.717, 1.165) is 39.4 Å². The molecule has 1 aliphatic rings. The van der Waals surface area contributed by atoms with E-state index in [0.29, 0.717) is 0 Å². The van der Waals surface area contributed by atoms with Crippen LogP contribution in [0.2, 0.25) is 0 Å². The lowest BCUT2D eigenvalue weighted by Gasteiger charge is -2.34. The molecule has 1 amide bonds. The van der Waals surface area contributed by atoms with E-state index in [4.69, 9.17) is 0 Å². The normalized spacial score (nSPS) is 16.9. The van der Waals surface area contributed by atoms with Crippen LogP contribution in [0.15, 0.2) is 0 Å². The standard InChI is InChI=1S/C9H19N3O.C2H6/c1-3-10-8-11-4-6-12(7-5-11)9(2)13;1-2/h10H,3-8H2,1-2H3;1-2H3. The van der Waals surface area contributed by atoms with Gasteiger partial charge in [-0.1, -0.05) is 20.8 Å². The summed E-state index contributed by atoms with van der Waals surface area (Å²) in [4.78, 5) is 15.3. The number of hydrogen-bond acceptors (Lipinski definition) is 3. The van der Waals surface area contributed by atoms with Gasteiger partial charge < -0.3 is 10.2 Å². The van der Waals surface area contributed by atoms with Crippen LogP contribution in [-0.2, 0) is 4.79 Å². The minimum Gasteiger partial charge on any atom is -0.340 e. The van der Waals surface area contributed by atoms with Crippen LogP contribution in [0.4, 0.5) is 0 Å². The van der Waals surface area contributed by atoms with Crippen LogP contribution in [0.25, 0.3) is 0 Å². The van der Waals surface area contributed by atoms with Gasteiger partial charge in [-0.05, 0) is 6.54 Å². The number of hydrogen-bond donors (Lipinski definition) is 1. The molecule has 0 atom stereocenters. The quantitative estimate of drug-likeness (QED) is 0.754. The molecule has 1 heterocycles. The monoisotopic (exact) mass is 215 g/mol. The van der Waals surface area contributed by atoms with E-state index >= 15 is 0 Å². The highest BCUT2D eigenvalue weighted by Gasteiger charge is 2.17. The average molecular weight is 215 g/mol. The van der Waals surface area contributed by atoms with Gasteiger partial charge in [0.1, 0.15) is 0 Å². The van der Waals surface area contributed by atoms with E-state index in [1.54, 1.807) is 6.92 Å². The van der Waals surface area contributed by atoms with Crippen molar-refractivity contribution in [3.05, 3.63) is 0 Å². The Morgan fingerprint density at radius 3 is 2.13 bits per heavy atom. The lowest BCUT2D eigenvalue weighted by atomic mass is 10.3. The summed E-state index contributed by atoms with van der Waals surface area (Å²) in [6.45, 7) is 13.4. The fraction of sp³-hybridized carbons (Fsp3) is 0.909. The molecule has 1 rings (SSSR count). The van der Waals surface area contributed by atoms with Crippen LogP contribution < -0.4 is 5.32 Å². The van der Waals surface area contributed by atoms with E-state index in [1.807, 2.05) is 18.7 Å². The lowest BCUT2D eigenvalue weighted by molar-refractivity contribution is -0.130. The van der Waals surface area contributed by atoms with Crippen molar-refractivity contribution in [1.82, 2.24) is 15.1 Å². The second-order valence-electron chi connectivity index (χ2n) is 3.39. The van der Waals surface area contributed by atoms with Gasteiger partial charge in [0.25, 0.3) is 0 Å². The van der Waals surface area contributed by atoms with Crippen LogP contribution in [0.5, 0.6) is 0 Å². The van der Waals surface area contributed by atoms with Crippen LogP contribution in [0.1, 0.15) is 27.7 Å². The first-order valence-electron chi connectivity index (χ1n) is 5.92. The fourth-order valence-corrected chi connectivity index (χ4v) is 1.49. The van der Waals surface area contributed by atoms with E-state index in [2.05, 4.69) is 17.1 Å². The summed E-state index contributed by atoms with van der Waals surface area (Å²) < 4.78 is 0. The smallest absolute Gasteiger partial charge is 0.219 e. The van der Waals surface area contributed by atoms with Crippen molar-refractivity contribution in [2.75, 3.05) is 39.4 Å². The largest absolute Gasteiger partial charge is 0.340 e. The number of rotatable bonds is 3. The maximum Gasteiger partial charge on any atom is 0.219 e. The second kappa shape index (κ2) is 8.68. The summed E-state index contributed by atoms with van der Waals surface area (Å²) in [6, 6.07) is 0. The van der Waals surface area contributed by atoms with Gasteiger partial charge in [0.05, 0.1) is 0 Å². The van der Waals surface area contributed by atoms with Crippen molar-refractivity contribution in [2.24, 2.45) is 0 Å². The fourth-order valence-electron chi connectivity index (χ4n) is 1.49. The van der Waals surface area contributed by atoms with Gasteiger partial charge in [0.15, 0.2) is 0 Å². The third-order valence-electron chi connectivity index (χ3n) is 2.40. The molecular formula is C11H25N3O. The number of nitrogens with one attached hydrogen (secondary N) is 1. The van der Waals surface area contributed by atoms with E-state index in [9.17, 15) is 4.79 Å². The van der Waals surface area contributed by atoms with Crippen molar-refractivity contribution in [1.29, 1.82) is 0 Å². The highest BCUT2D eigenvalue weighted by atomic mass is 16.2. The van der Waals surface area contributed by atoms with Gasteiger partial charge in [-0.3, -0.25) is 9.69 Å². The molecule has 4 heteroatoms. The molecule has 0 aromatic heterocycles. The molecule has 0 aliphatic carbocycles. The Morgan fingerprint density at radius 1 is 1.20 bits per heavy atom. The average Bonchev–Trinajstić information content (AvgIpc) is 2.29. The van der Waals surface area contributed by atoms with Crippen molar-refractivity contribution in [3.8, 4) is 0 Å². The number of nitrogens with zero attached hydrogens (tertiary/aromatic N) is 2. The predicted octanol–water partition coefficient (Wildman–Crippen LogP) is 0.744. The summed E-state index contributed by atoms with van der Waals surface area (Å²) in [5.74, 6) is 0.197. The minimum absolute atomic E-state index is 0.197. The van der Waals surface area contributed by atoms with E-state index in [-0.39, 0.29) is 5.91 Å². The highest BCUT2D eigenvalue weighted by molar-refractivity contribution is 5.73. The van der Waals surface area contributed by atoms with Crippen molar-refractivity contribution < 1.29 is 4.79 Å². The third kappa shape index (κ3) is 5.74. The van der Waals surface area contributed by atoms with Crippen molar-refractivity contribution >= 4 is 5.91 Å². The molecule has 0 aromatic rings. The van der Waals surface area contributed by atoms with Crippen molar-refractivity contribution in [2.45, 2.75) is 27.7 Å². The van der Waals surface area contributed by atoms with Crippen LogP contribution in [0.3, 0.4) is 0 Å². The SMILES string of the molecule is CC.CCNCN1CCN(C(C)=O)CC1. The Hall–Kier alpha value is -0.610. The molecule has 0 unspecified atom stereocenters. The van der Waals surface area contributed by atoms with Gasteiger partial charge >= 0.3 is 0 Å². The third-order valence-corrected chi connectivity index (χ3v) is 2.40. The lowest BCUT2D eigenvalue weighted by Crippen LogP contribution is -2.50. The summed E-state index contributed by atoms with van der Waals surface area (Å²) in [6.07, 6.45) is 0. The van der Waals surface area contributed by atoms with Gasteiger partial charge in [-0.15, -0.1) is 0 Å². The maximum atomic E-state index is 11.0. The maximum absolute atomic E-state index is 11.0. The first-order chi connectivity index (χ1) is 7.24. The minimum atomic E-state index is 0.197. The van der Waals surface area contributed by atoms with Gasteiger partial charge in [0.2, 0.25) is 5.91 Å². The first kappa shape index (κ1) is 14.4. The summed E-state index contributed by atoms with van der Waals surface area (Å²) >= 11 is 0. The molecule has 15 heavy (non-hydrogen) atoms. The van der Waals surface area contributed by atoms with Crippen LogP contribution in [-0.4, -0.2) is 55.1 Å². The second-order valence-corrected chi connectivity index (χ2v) is 3.39. The Labute approximate surface area is 93.6 Å². The number of piperazine rings is 1. The Morgan fingerprint density at radius 2 is 1.73 bits per heavy atom. The molecule has 90 valence electrons. The number of amides is 1. The molecule has 1 N–H and O–H groups in total. The van der Waals surface area contributed by atoms with Gasteiger partial charge in [0, 0.05) is 39.8 Å². The molecule has 1 fully saturated rings. The van der Waals surface area contributed by atoms with Gasteiger partial charge in [-0.2, -0.15) is 0 Å². The Kier molecular flexibility index (Phi) is 8.33. The molecule has 1 saturated heterocycles. The van der Waals surface area contributed by atoms with E-state index in [1.165, 1.54) is 0 Å². The van der Waals surface area contributed by atoms with Gasteiger partial charge in [-0.25, -0.2) is 0 Å². The molecule has 4 nitrogen and oxygen atoms in total. The Balaban J connectivity index is 0.000000921. The molecule has 0 aromatic carbocycles. The summed E-state index contributed by atoms with van der Waals surface area (Å²) in [5, 5.41) is 3.28. The van der Waals surface area contributed by atoms with Crippen molar-refractivity contribution in [3.63, 3.8) is 0 Å². The predicted molar refractivity (Wildman–Crippen MR) is 63.7 cm³/mol. The summed E-state index contributed by atoms with van der Waals surface area (Å²) in [5.41, 5.74) is 0. The summed E-state index contributed by atoms with van der Waals surface area (Å²) in [7, 11) is 0. The topological polar surface area (TPSA) is 35.6 Å². The molecular weight excluding hydrogens is 190 g/mol. The Bertz CT molecular complexity index is 165. The molecule has 1 aliphatic heterocycles. The zero-order chi connectivity index (χ0) is 11.7. The molecule has 0 radical (unpaired) electrons. The molecule has 0 bridgehead atoms. The molecule has 0 saturated carbocycles. The van der Waals surface area contributed by atoms with Crippen LogP contribution >= 0.6 is 0 Å². The van der Waals surface area contributed by atoms with E-state index < -0.39 is 0 Å².